The smallest absolute Gasteiger partial charge is 0.143 e. The van der Waals surface area contributed by atoms with Gasteiger partial charge in [-0.15, -0.1) is 0 Å². The molecule has 0 saturated carbocycles. The topological polar surface area (TPSA) is 18.1 Å². The summed E-state index contributed by atoms with van der Waals surface area (Å²) in [5.41, 5.74) is 13.1. The van der Waals surface area contributed by atoms with Gasteiger partial charge in [-0.25, -0.2) is 0 Å². The molecule has 0 amide bonds. The zero-order valence-electron chi connectivity index (χ0n) is 26.8. The third kappa shape index (κ3) is 3.04. The molecule has 4 heterocycles. The molecule has 0 N–H and O–H groups in total. The van der Waals surface area contributed by atoms with E-state index in [0.717, 1.165) is 27.5 Å². The quantitative estimate of drug-likeness (QED) is 0.165. The van der Waals surface area contributed by atoms with Crippen molar-refractivity contribution in [3.8, 4) is 16.8 Å². The van der Waals surface area contributed by atoms with E-state index in [1.165, 1.54) is 65.7 Å². The van der Waals surface area contributed by atoms with Gasteiger partial charge in [-0.1, -0.05) is 140 Å². The molecule has 0 saturated heterocycles. The Bertz CT molecular complexity index is 2830. The van der Waals surface area contributed by atoms with Gasteiger partial charge in [-0.3, -0.25) is 0 Å². The van der Waals surface area contributed by atoms with Gasteiger partial charge in [0.25, 0.3) is 0 Å². The maximum absolute atomic E-state index is 6.60. The van der Waals surface area contributed by atoms with Gasteiger partial charge in [0, 0.05) is 27.1 Å². The molecule has 0 radical (unpaired) electrons. The fraction of sp³-hybridized carbons (Fsp3) is 0.0667. The van der Waals surface area contributed by atoms with Crippen molar-refractivity contribution in [2.24, 2.45) is 0 Å². The summed E-state index contributed by atoms with van der Waals surface area (Å²) < 4.78 is 9.13. The molecule has 2 aromatic heterocycles. The Hall–Kier alpha value is -5.64. The van der Waals surface area contributed by atoms with Crippen LogP contribution in [0.4, 0.5) is 0 Å². The van der Waals surface area contributed by atoms with E-state index in [2.05, 4.69) is 169 Å². The Kier molecular flexibility index (Phi) is 4.97. The second-order valence-electron chi connectivity index (χ2n) is 14.0. The van der Waals surface area contributed by atoms with Gasteiger partial charge in [0.05, 0.1) is 22.1 Å². The lowest BCUT2D eigenvalue weighted by Gasteiger charge is -2.49. The van der Waals surface area contributed by atoms with Crippen LogP contribution in [0.25, 0.3) is 60.6 Å². The van der Waals surface area contributed by atoms with Crippen molar-refractivity contribution in [3.05, 3.63) is 174 Å². The number of hydrogen-bond donors (Lipinski definition) is 0. The normalized spacial score (nSPS) is 17.2. The Morgan fingerprint density at radius 2 is 1.19 bits per heavy atom. The van der Waals surface area contributed by atoms with E-state index in [1.807, 2.05) is 0 Å². The van der Waals surface area contributed by atoms with Gasteiger partial charge in [0.1, 0.15) is 19.2 Å². The van der Waals surface area contributed by atoms with Gasteiger partial charge in [0.15, 0.2) is 0 Å². The predicted octanol–water partition coefficient (Wildman–Crippen LogP) is 10.2. The van der Waals surface area contributed by atoms with Crippen molar-refractivity contribution in [2.45, 2.75) is 18.5 Å². The van der Waals surface area contributed by atoms with E-state index in [4.69, 9.17) is 4.42 Å². The van der Waals surface area contributed by atoms with Gasteiger partial charge in [0.2, 0.25) is 0 Å². The Labute approximate surface area is 279 Å². The zero-order valence-corrected chi connectivity index (χ0v) is 27.8. The highest BCUT2D eigenvalue weighted by Crippen LogP contribution is 2.55. The van der Waals surface area contributed by atoms with E-state index in [0.29, 0.717) is 0 Å². The van der Waals surface area contributed by atoms with E-state index in [1.54, 1.807) is 0 Å². The van der Waals surface area contributed by atoms with Crippen LogP contribution in [0.3, 0.4) is 0 Å². The van der Waals surface area contributed by atoms with Crippen LogP contribution in [0.5, 0.6) is 0 Å². The molecule has 7 aromatic carbocycles. The monoisotopic (exact) mass is 629 g/mol. The molecule has 0 aliphatic carbocycles. The summed E-state index contributed by atoms with van der Waals surface area (Å²) >= 11 is 0. The number of hydrogen-bond acceptors (Lipinski definition) is 1. The number of fused-ring (bicyclic) bond motifs is 14. The van der Waals surface area contributed by atoms with Crippen LogP contribution in [0.1, 0.15) is 22.3 Å². The number of para-hydroxylation sites is 5. The first-order chi connectivity index (χ1) is 23.6. The molecule has 226 valence electrons. The summed E-state index contributed by atoms with van der Waals surface area (Å²) in [6.45, 7) is 5.06. The molecular weight excluding hydrogens is 599 g/mol. The van der Waals surface area contributed by atoms with Crippen LogP contribution in [-0.2, 0) is 5.41 Å². The lowest BCUT2D eigenvalue weighted by Crippen LogP contribution is -2.63. The van der Waals surface area contributed by atoms with Crippen LogP contribution in [0.2, 0.25) is 13.1 Å². The SMILES string of the molecule is C[Si]1(C)c2ccccc2C2(c3ccccc3-n3c4ccccc4c4cccc2c43)c2cc(-c3cccc4c3oc3ccccc34)ccc21. The van der Waals surface area contributed by atoms with Crippen LogP contribution < -0.4 is 10.4 Å². The number of benzene rings is 7. The zero-order chi connectivity index (χ0) is 31.8. The predicted molar refractivity (Wildman–Crippen MR) is 202 cm³/mol. The lowest BCUT2D eigenvalue weighted by molar-refractivity contribution is 0.670. The molecular formula is C45H31NOSi. The van der Waals surface area contributed by atoms with Crippen LogP contribution >= 0.6 is 0 Å². The molecule has 0 fully saturated rings. The highest BCUT2D eigenvalue weighted by molar-refractivity contribution is 7.01. The van der Waals surface area contributed by atoms with Crippen LogP contribution in [0, 0.1) is 0 Å². The standard InChI is InChI=1S/C45H31NOSi/c1-48(2)41-24-10-6-19-35(41)45(34-18-5-8-22-39(34)46-38-21-7-3-13-30(38)32-16-12-20-36(45)43(32)46)37-27-28(25-26-42(37)48)29-15-11-17-33-31-14-4-9-23-40(31)47-44(29)33/h3-27H,1-2H3. The molecule has 1 atom stereocenters. The maximum Gasteiger partial charge on any atom is 0.143 e. The Morgan fingerprint density at radius 1 is 0.521 bits per heavy atom. The lowest BCUT2D eigenvalue weighted by atomic mass is 9.62. The number of furan rings is 1. The fourth-order valence-electron chi connectivity index (χ4n) is 9.47. The second-order valence-corrected chi connectivity index (χ2v) is 18.4. The molecule has 2 aliphatic heterocycles. The molecule has 11 rings (SSSR count). The van der Waals surface area contributed by atoms with Crippen molar-refractivity contribution in [2.75, 3.05) is 0 Å². The molecule has 1 spiro atoms. The van der Waals surface area contributed by atoms with E-state index >= 15 is 0 Å². The van der Waals surface area contributed by atoms with Crippen molar-refractivity contribution in [1.82, 2.24) is 4.57 Å². The fourth-order valence-corrected chi connectivity index (χ4v) is 12.6. The third-order valence-corrected chi connectivity index (χ3v) is 15.0. The average Bonchev–Trinajstić information content (AvgIpc) is 3.69. The van der Waals surface area contributed by atoms with Crippen molar-refractivity contribution in [3.63, 3.8) is 0 Å². The summed E-state index contributed by atoms with van der Waals surface area (Å²) in [5, 5.41) is 7.94. The molecule has 1 unspecified atom stereocenters. The average molecular weight is 630 g/mol. The first kappa shape index (κ1) is 26.4. The first-order valence-corrected chi connectivity index (χ1v) is 19.9. The van der Waals surface area contributed by atoms with Gasteiger partial charge < -0.3 is 8.98 Å². The Balaban J connectivity index is 1.33. The van der Waals surface area contributed by atoms with Gasteiger partial charge in [-0.05, 0) is 62.5 Å². The van der Waals surface area contributed by atoms with Gasteiger partial charge >= 0.3 is 0 Å². The maximum atomic E-state index is 6.60. The highest BCUT2D eigenvalue weighted by Gasteiger charge is 2.53. The van der Waals surface area contributed by atoms with Crippen molar-refractivity contribution >= 4 is 62.2 Å². The number of aromatic nitrogens is 1. The van der Waals surface area contributed by atoms with Gasteiger partial charge in [-0.2, -0.15) is 0 Å². The molecule has 0 bridgehead atoms. The molecule has 2 nitrogen and oxygen atoms in total. The second kappa shape index (κ2) is 9.03. The minimum absolute atomic E-state index is 0.493. The summed E-state index contributed by atoms with van der Waals surface area (Å²) in [4.78, 5) is 0. The van der Waals surface area contributed by atoms with Crippen LogP contribution in [-0.4, -0.2) is 12.6 Å². The minimum Gasteiger partial charge on any atom is -0.455 e. The highest BCUT2D eigenvalue weighted by atomic mass is 28.3. The van der Waals surface area contributed by atoms with E-state index in [9.17, 15) is 0 Å². The van der Waals surface area contributed by atoms with Crippen molar-refractivity contribution in [1.29, 1.82) is 0 Å². The summed E-state index contributed by atoms with van der Waals surface area (Å²) in [7, 11) is -2.10. The van der Waals surface area contributed by atoms with Crippen LogP contribution in [0.15, 0.2) is 156 Å². The van der Waals surface area contributed by atoms with Crippen molar-refractivity contribution < 1.29 is 4.42 Å². The Morgan fingerprint density at radius 3 is 2.10 bits per heavy atom. The first-order valence-electron chi connectivity index (χ1n) is 16.9. The molecule has 9 aromatic rings. The van der Waals surface area contributed by atoms with E-state index in [-0.39, 0.29) is 0 Å². The summed E-state index contributed by atoms with van der Waals surface area (Å²) in [6.07, 6.45) is 0. The number of rotatable bonds is 1. The largest absolute Gasteiger partial charge is 0.455 e. The minimum atomic E-state index is -2.10. The molecule has 2 aliphatic rings. The summed E-state index contributed by atoms with van der Waals surface area (Å²) in [5.74, 6) is 0. The van der Waals surface area contributed by atoms with E-state index < -0.39 is 13.5 Å². The third-order valence-electron chi connectivity index (χ3n) is 11.5. The summed E-state index contributed by atoms with van der Waals surface area (Å²) in [6, 6.07) is 56.7. The molecule has 48 heavy (non-hydrogen) atoms. The number of nitrogens with zero attached hydrogens (tertiary/aromatic N) is 1. The molecule has 3 heteroatoms.